The summed E-state index contributed by atoms with van der Waals surface area (Å²) in [5, 5.41) is 19.8. The van der Waals surface area contributed by atoms with Crippen molar-refractivity contribution in [1.29, 1.82) is 0 Å². The Morgan fingerprint density at radius 1 is 1.03 bits per heavy atom. The van der Waals surface area contributed by atoms with Gasteiger partial charge in [-0.15, -0.1) is 5.10 Å². The summed E-state index contributed by atoms with van der Waals surface area (Å²) in [7, 11) is 1.80. The Balaban J connectivity index is 0.000000784. The van der Waals surface area contributed by atoms with Crippen molar-refractivity contribution >= 4 is 35.6 Å². The van der Waals surface area contributed by atoms with Crippen LogP contribution >= 0.6 is 11.8 Å². The van der Waals surface area contributed by atoms with Crippen molar-refractivity contribution in [3.63, 3.8) is 0 Å². The zero-order chi connectivity index (χ0) is 25.5. The number of para-hydroxylation sites is 1. The number of hydrogen-bond acceptors (Lipinski definition) is 6. The van der Waals surface area contributed by atoms with E-state index in [1.807, 2.05) is 36.4 Å². The van der Waals surface area contributed by atoms with Crippen LogP contribution in [0.25, 0.3) is 0 Å². The standard InChI is InChI=1S/C25H25N3OS.C3H9NO/c1-19-8-10-21(11-9-19)16-28(24-7-5-4-6-20(24)2)25(27-26-3)30-18-23-14-12-22(17-29)13-15-23;1-4-2-3-5/h4-15,17H,3,16,18H2,1-2H3;4-5H,2-3H2,1H3/b27-25+;. The van der Waals surface area contributed by atoms with Gasteiger partial charge >= 0.3 is 0 Å². The average molecular weight is 491 g/mol. The van der Waals surface area contributed by atoms with E-state index in [0.717, 1.165) is 28.3 Å². The predicted molar refractivity (Wildman–Crippen MR) is 150 cm³/mol. The molecule has 184 valence electrons. The van der Waals surface area contributed by atoms with Crippen LogP contribution in [0.15, 0.2) is 83.0 Å². The van der Waals surface area contributed by atoms with Crippen molar-refractivity contribution < 1.29 is 9.90 Å². The van der Waals surface area contributed by atoms with Crippen LogP contribution in [-0.2, 0) is 12.3 Å². The molecule has 0 amide bonds. The fourth-order valence-electron chi connectivity index (χ4n) is 3.17. The predicted octanol–water partition coefficient (Wildman–Crippen LogP) is 5.23. The van der Waals surface area contributed by atoms with Gasteiger partial charge in [0, 0.05) is 30.3 Å². The summed E-state index contributed by atoms with van der Waals surface area (Å²) in [6.45, 7) is 9.37. The van der Waals surface area contributed by atoms with Gasteiger partial charge in [0.15, 0.2) is 5.17 Å². The van der Waals surface area contributed by atoms with E-state index in [1.165, 1.54) is 11.1 Å². The third-order valence-electron chi connectivity index (χ3n) is 5.10. The van der Waals surface area contributed by atoms with E-state index in [4.69, 9.17) is 5.11 Å². The molecular weight excluding hydrogens is 456 g/mol. The Hall–Kier alpha value is -3.26. The molecule has 0 radical (unpaired) electrons. The molecule has 6 nitrogen and oxygen atoms in total. The molecule has 0 saturated heterocycles. The topological polar surface area (TPSA) is 77.3 Å². The minimum absolute atomic E-state index is 0.233. The second-order valence-corrected chi connectivity index (χ2v) is 8.80. The molecule has 0 unspecified atom stereocenters. The van der Waals surface area contributed by atoms with Crippen molar-refractivity contribution in [1.82, 2.24) is 5.32 Å². The molecule has 0 spiro atoms. The number of aliphatic hydroxyl groups excluding tert-OH is 1. The molecule has 7 heteroatoms. The van der Waals surface area contributed by atoms with E-state index in [-0.39, 0.29) is 6.61 Å². The molecule has 0 atom stereocenters. The molecule has 0 saturated carbocycles. The van der Waals surface area contributed by atoms with Crippen LogP contribution in [0.2, 0.25) is 0 Å². The average Bonchev–Trinajstić information content (AvgIpc) is 2.88. The number of aldehydes is 1. The fraction of sp³-hybridized carbons (Fsp3) is 0.250. The smallest absolute Gasteiger partial charge is 0.190 e. The van der Waals surface area contributed by atoms with Gasteiger partial charge in [-0.05, 0) is 43.7 Å². The lowest BCUT2D eigenvalue weighted by molar-refractivity contribution is 0.112. The molecule has 3 rings (SSSR count). The summed E-state index contributed by atoms with van der Waals surface area (Å²) >= 11 is 1.60. The second-order valence-electron chi connectivity index (χ2n) is 7.86. The molecular formula is C28H34N4O2S. The third kappa shape index (κ3) is 9.48. The zero-order valence-electron chi connectivity index (χ0n) is 20.6. The van der Waals surface area contributed by atoms with Gasteiger partial charge in [-0.2, -0.15) is 5.10 Å². The van der Waals surface area contributed by atoms with Crippen molar-refractivity contribution in [2.75, 3.05) is 25.1 Å². The van der Waals surface area contributed by atoms with Crippen molar-refractivity contribution in [2.45, 2.75) is 26.1 Å². The summed E-state index contributed by atoms with van der Waals surface area (Å²) in [6, 6.07) is 24.4. The third-order valence-corrected chi connectivity index (χ3v) is 6.14. The Morgan fingerprint density at radius 3 is 2.23 bits per heavy atom. The number of aryl methyl sites for hydroxylation is 2. The first kappa shape index (κ1) is 28.0. The highest BCUT2D eigenvalue weighted by atomic mass is 32.2. The van der Waals surface area contributed by atoms with Crippen LogP contribution in [0.3, 0.4) is 0 Å². The van der Waals surface area contributed by atoms with Gasteiger partial charge in [0.25, 0.3) is 0 Å². The Labute approximate surface area is 212 Å². The minimum atomic E-state index is 0.233. The van der Waals surface area contributed by atoms with Crippen LogP contribution in [0, 0.1) is 13.8 Å². The highest BCUT2D eigenvalue weighted by Crippen LogP contribution is 2.27. The highest BCUT2D eigenvalue weighted by molar-refractivity contribution is 8.13. The van der Waals surface area contributed by atoms with E-state index in [1.54, 1.807) is 18.8 Å². The number of benzene rings is 3. The number of carbonyl (C=O) groups excluding carboxylic acids is 1. The maximum atomic E-state index is 10.9. The van der Waals surface area contributed by atoms with E-state index in [9.17, 15) is 4.79 Å². The molecule has 0 aromatic heterocycles. The Morgan fingerprint density at radius 2 is 1.69 bits per heavy atom. The van der Waals surface area contributed by atoms with Gasteiger partial charge in [0.1, 0.15) is 6.29 Å². The first-order chi connectivity index (χ1) is 17.0. The number of rotatable bonds is 9. The number of anilines is 1. The lowest BCUT2D eigenvalue weighted by atomic mass is 10.1. The van der Waals surface area contributed by atoms with Gasteiger partial charge in [0.2, 0.25) is 0 Å². The molecule has 0 aliphatic heterocycles. The van der Waals surface area contributed by atoms with Gasteiger partial charge in [-0.1, -0.05) is 84.1 Å². The number of likely N-dealkylation sites (N-methyl/N-ethyl adjacent to an activating group) is 1. The Kier molecular flexibility index (Phi) is 12.5. The van der Waals surface area contributed by atoms with Gasteiger partial charge in [-0.3, -0.25) is 4.79 Å². The summed E-state index contributed by atoms with van der Waals surface area (Å²) < 4.78 is 0. The van der Waals surface area contributed by atoms with Crippen LogP contribution in [0.4, 0.5) is 5.69 Å². The first-order valence-corrected chi connectivity index (χ1v) is 12.4. The fourth-order valence-corrected chi connectivity index (χ4v) is 4.09. The molecule has 3 aromatic carbocycles. The zero-order valence-corrected chi connectivity index (χ0v) is 21.5. The second kappa shape index (κ2) is 15.6. The number of hydrogen-bond donors (Lipinski definition) is 2. The molecule has 0 bridgehead atoms. The van der Waals surface area contributed by atoms with Crippen LogP contribution in [-0.4, -0.2) is 43.5 Å². The maximum Gasteiger partial charge on any atom is 0.190 e. The molecule has 3 aromatic rings. The van der Waals surface area contributed by atoms with Crippen molar-refractivity contribution in [2.24, 2.45) is 10.2 Å². The summed E-state index contributed by atoms with van der Waals surface area (Å²) in [4.78, 5) is 13.1. The van der Waals surface area contributed by atoms with Crippen molar-refractivity contribution in [3.05, 3.63) is 101 Å². The maximum absolute atomic E-state index is 10.9. The largest absolute Gasteiger partial charge is 0.395 e. The number of carbonyl (C=O) groups is 1. The minimum Gasteiger partial charge on any atom is -0.395 e. The summed E-state index contributed by atoms with van der Waals surface area (Å²) in [5.74, 6) is 0.712. The van der Waals surface area contributed by atoms with Gasteiger partial charge < -0.3 is 15.3 Å². The van der Waals surface area contributed by atoms with Crippen LogP contribution < -0.4 is 10.2 Å². The first-order valence-electron chi connectivity index (χ1n) is 11.4. The molecule has 0 heterocycles. The number of thioether (sulfide) groups is 1. The SMILES string of the molecule is C=N/N=C(/SCc1ccc(C=O)cc1)N(Cc1ccc(C)cc1)c1ccccc1C.CNCCO. The molecule has 0 aliphatic rings. The monoisotopic (exact) mass is 490 g/mol. The lowest BCUT2D eigenvalue weighted by Crippen LogP contribution is -2.29. The normalized spacial score (nSPS) is 10.8. The molecule has 0 aliphatic carbocycles. The van der Waals surface area contributed by atoms with E-state index < -0.39 is 0 Å². The number of aliphatic hydroxyl groups is 1. The molecule has 35 heavy (non-hydrogen) atoms. The van der Waals surface area contributed by atoms with Crippen LogP contribution in [0.5, 0.6) is 0 Å². The Bertz CT molecular complexity index is 1080. The molecule has 0 fully saturated rings. The number of nitrogens with one attached hydrogen (secondary N) is 1. The highest BCUT2D eigenvalue weighted by Gasteiger charge is 2.17. The summed E-state index contributed by atoms with van der Waals surface area (Å²) in [5.41, 5.74) is 6.46. The number of amidine groups is 1. The van der Waals surface area contributed by atoms with E-state index in [0.29, 0.717) is 24.4 Å². The summed E-state index contributed by atoms with van der Waals surface area (Å²) in [6.07, 6.45) is 0.854. The van der Waals surface area contributed by atoms with Gasteiger partial charge in [-0.25, -0.2) is 0 Å². The van der Waals surface area contributed by atoms with Gasteiger partial charge in [0.05, 0.1) is 13.2 Å². The van der Waals surface area contributed by atoms with E-state index >= 15 is 0 Å². The van der Waals surface area contributed by atoms with E-state index in [2.05, 4.69) is 77.4 Å². The molecule has 2 N–H and O–H groups in total. The lowest BCUT2D eigenvalue weighted by Gasteiger charge is -2.27. The van der Waals surface area contributed by atoms with Crippen LogP contribution in [0.1, 0.15) is 32.6 Å². The number of nitrogens with zero attached hydrogens (tertiary/aromatic N) is 3. The van der Waals surface area contributed by atoms with Crippen molar-refractivity contribution in [3.8, 4) is 0 Å². The quantitative estimate of drug-likeness (QED) is 0.186.